The minimum absolute atomic E-state index is 0.181. The third kappa shape index (κ3) is 0.850. The molecule has 50 valence electrons. The van der Waals surface area contributed by atoms with E-state index in [2.05, 4.69) is 0 Å². The Kier molecular flexibility index (Phi) is 1.34. The van der Waals surface area contributed by atoms with Gasteiger partial charge in [0.2, 0.25) is 5.88 Å². The van der Waals surface area contributed by atoms with Crippen LogP contribution >= 0.6 is 0 Å². The van der Waals surface area contributed by atoms with Gasteiger partial charge in [-0.15, -0.1) is 0 Å². The molecule has 0 aromatic carbocycles. The maximum absolute atomic E-state index is 8.99. The van der Waals surface area contributed by atoms with Gasteiger partial charge in [-0.25, -0.2) is 0 Å². The first-order chi connectivity index (χ1) is 4.25. The van der Waals surface area contributed by atoms with Crippen molar-refractivity contribution in [2.45, 2.75) is 0 Å². The molecule has 1 rings (SSSR count). The number of hydrogen-bond donors (Lipinski definition) is 1. The Balaban J connectivity index is 3.07. The second kappa shape index (κ2) is 2.01. The molecule has 0 spiro atoms. The zero-order valence-corrected chi connectivity index (χ0v) is 5.46. The van der Waals surface area contributed by atoms with Gasteiger partial charge in [0.05, 0.1) is 7.11 Å². The van der Waals surface area contributed by atoms with Crippen molar-refractivity contribution in [3.8, 4) is 11.6 Å². The lowest BCUT2D eigenvalue weighted by atomic mass is 10.6. The average Bonchev–Trinajstić information content (AvgIpc) is 2.12. The topological polar surface area (TPSA) is 34.4 Å². The van der Waals surface area contributed by atoms with Crippen molar-refractivity contribution in [3.63, 3.8) is 0 Å². The highest BCUT2D eigenvalue weighted by Crippen LogP contribution is 2.24. The summed E-state index contributed by atoms with van der Waals surface area (Å²) in [6, 6.07) is 1.58. The van der Waals surface area contributed by atoms with Gasteiger partial charge in [-0.05, 0) is 0 Å². The Morgan fingerprint density at radius 1 is 1.67 bits per heavy atom. The van der Waals surface area contributed by atoms with E-state index in [1.165, 1.54) is 7.11 Å². The molecule has 0 fully saturated rings. The molecule has 0 radical (unpaired) electrons. The van der Waals surface area contributed by atoms with Crippen molar-refractivity contribution in [2.24, 2.45) is 7.05 Å². The highest BCUT2D eigenvalue weighted by molar-refractivity contribution is 5.33. The second-order valence-electron chi connectivity index (χ2n) is 1.82. The first-order valence-electron chi connectivity index (χ1n) is 2.64. The van der Waals surface area contributed by atoms with Crippen LogP contribution in [0.2, 0.25) is 0 Å². The van der Waals surface area contributed by atoms with Gasteiger partial charge >= 0.3 is 0 Å². The molecule has 1 aromatic heterocycles. The summed E-state index contributed by atoms with van der Waals surface area (Å²) in [6.45, 7) is 0. The van der Waals surface area contributed by atoms with Crippen LogP contribution in [0.3, 0.4) is 0 Å². The van der Waals surface area contributed by atoms with Crippen LogP contribution in [0.1, 0.15) is 0 Å². The molecule has 0 unspecified atom stereocenters. The van der Waals surface area contributed by atoms with Crippen LogP contribution in [-0.2, 0) is 7.05 Å². The van der Waals surface area contributed by atoms with Crippen LogP contribution in [-0.4, -0.2) is 16.8 Å². The maximum atomic E-state index is 8.99. The van der Waals surface area contributed by atoms with Gasteiger partial charge in [-0.2, -0.15) is 0 Å². The normalized spacial score (nSPS) is 9.56. The van der Waals surface area contributed by atoms with Crippen molar-refractivity contribution >= 4 is 0 Å². The molecule has 0 saturated heterocycles. The van der Waals surface area contributed by atoms with Gasteiger partial charge in [0.25, 0.3) is 0 Å². The quantitative estimate of drug-likeness (QED) is 0.603. The number of nitrogens with zero attached hydrogens (tertiary/aromatic N) is 1. The van der Waals surface area contributed by atoms with Crippen LogP contribution in [0.5, 0.6) is 11.6 Å². The molecule has 1 heterocycles. The number of rotatable bonds is 1. The zero-order valence-electron chi connectivity index (χ0n) is 5.46. The molecule has 0 amide bonds. The Morgan fingerprint density at radius 2 is 2.33 bits per heavy atom. The van der Waals surface area contributed by atoms with Gasteiger partial charge in [-0.3, -0.25) is 0 Å². The minimum atomic E-state index is 0.181. The van der Waals surface area contributed by atoms with Crippen LogP contribution in [0.4, 0.5) is 0 Å². The summed E-state index contributed by atoms with van der Waals surface area (Å²) in [4.78, 5) is 0. The van der Waals surface area contributed by atoms with Gasteiger partial charge < -0.3 is 14.4 Å². The van der Waals surface area contributed by atoms with Crippen molar-refractivity contribution in [1.82, 2.24) is 4.57 Å². The molecule has 0 aliphatic carbocycles. The van der Waals surface area contributed by atoms with E-state index in [1.807, 2.05) is 0 Å². The number of ether oxygens (including phenoxy) is 1. The molecule has 1 N–H and O–H groups in total. The standard InChI is InChI=1S/C6H9NO2/c1-7-4-3-5(8)6(7)9-2/h3-4,8H,1-2H3. The molecule has 3 heteroatoms. The van der Waals surface area contributed by atoms with E-state index in [0.29, 0.717) is 5.88 Å². The molecule has 1 aromatic rings. The average molecular weight is 127 g/mol. The van der Waals surface area contributed by atoms with Gasteiger partial charge in [-0.1, -0.05) is 0 Å². The molecule has 0 aliphatic rings. The Hall–Kier alpha value is -1.12. The predicted octanol–water partition coefficient (Wildman–Crippen LogP) is 0.739. The fourth-order valence-corrected chi connectivity index (χ4v) is 0.751. The lowest BCUT2D eigenvalue weighted by Gasteiger charge is -1.99. The SMILES string of the molecule is COc1c(O)ccn1C. The maximum Gasteiger partial charge on any atom is 0.236 e. The molecule has 0 bridgehead atoms. The third-order valence-corrected chi connectivity index (χ3v) is 1.19. The van der Waals surface area contributed by atoms with Gasteiger partial charge in [0.15, 0.2) is 5.75 Å². The number of hydrogen-bond acceptors (Lipinski definition) is 2. The first-order valence-corrected chi connectivity index (χ1v) is 2.64. The second-order valence-corrected chi connectivity index (χ2v) is 1.82. The minimum Gasteiger partial charge on any atom is -0.503 e. The first kappa shape index (κ1) is 6.01. The predicted molar refractivity (Wildman–Crippen MR) is 33.6 cm³/mol. The van der Waals surface area contributed by atoms with Gasteiger partial charge in [0, 0.05) is 19.3 Å². The third-order valence-electron chi connectivity index (χ3n) is 1.19. The smallest absolute Gasteiger partial charge is 0.236 e. The monoisotopic (exact) mass is 127 g/mol. The molecule has 3 nitrogen and oxygen atoms in total. The molecular formula is C6H9NO2. The van der Waals surface area contributed by atoms with Crippen LogP contribution in [0, 0.1) is 0 Å². The fourth-order valence-electron chi connectivity index (χ4n) is 0.751. The molecule has 0 aliphatic heterocycles. The van der Waals surface area contributed by atoms with Crippen molar-refractivity contribution in [2.75, 3.05) is 7.11 Å². The largest absolute Gasteiger partial charge is 0.503 e. The summed E-state index contributed by atoms with van der Waals surface area (Å²) in [7, 11) is 3.33. The summed E-state index contributed by atoms with van der Waals surface area (Å²) < 4.78 is 6.53. The van der Waals surface area contributed by atoms with E-state index in [1.54, 1.807) is 23.9 Å². The van der Waals surface area contributed by atoms with E-state index >= 15 is 0 Å². The highest BCUT2D eigenvalue weighted by Gasteiger charge is 2.02. The van der Waals surface area contributed by atoms with Crippen molar-refractivity contribution in [1.29, 1.82) is 0 Å². The van der Waals surface area contributed by atoms with Crippen LogP contribution in [0.25, 0.3) is 0 Å². The fraction of sp³-hybridized carbons (Fsp3) is 0.333. The van der Waals surface area contributed by atoms with Crippen molar-refractivity contribution < 1.29 is 9.84 Å². The Morgan fingerprint density at radius 3 is 2.56 bits per heavy atom. The molecule has 9 heavy (non-hydrogen) atoms. The van der Waals surface area contributed by atoms with E-state index in [4.69, 9.17) is 9.84 Å². The van der Waals surface area contributed by atoms with E-state index in [0.717, 1.165) is 0 Å². The van der Waals surface area contributed by atoms with Crippen LogP contribution in [0.15, 0.2) is 12.3 Å². The summed E-state index contributed by atoms with van der Waals surface area (Å²) in [5, 5.41) is 8.99. The van der Waals surface area contributed by atoms with E-state index in [-0.39, 0.29) is 5.75 Å². The highest BCUT2D eigenvalue weighted by atomic mass is 16.5. The summed E-state index contributed by atoms with van der Waals surface area (Å²) in [5.74, 6) is 0.676. The Bertz CT molecular complexity index is 185. The van der Waals surface area contributed by atoms with Gasteiger partial charge in [0.1, 0.15) is 0 Å². The van der Waals surface area contributed by atoms with E-state index < -0.39 is 0 Å². The van der Waals surface area contributed by atoms with Crippen molar-refractivity contribution in [3.05, 3.63) is 12.3 Å². The number of aryl methyl sites for hydroxylation is 1. The number of methoxy groups -OCH3 is 1. The summed E-state index contributed by atoms with van der Waals surface area (Å²) in [6.07, 6.45) is 1.73. The Labute approximate surface area is 53.5 Å². The molecule has 0 saturated carbocycles. The lowest BCUT2D eigenvalue weighted by Crippen LogP contribution is -1.90. The molecular weight excluding hydrogens is 118 g/mol. The number of aromatic nitrogens is 1. The number of aromatic hydroxyl groups is 1. The summed E-state index contributed by atoms with van der Waals surface area (Å²) in [5.41, 5.74) is 0. The summed E-state index contributed by atoms with van der Waals surface area (Å²) >= 11 is 0. The zero-order chi connectivity index (χ0) is 6.85. The van der Waals surface area contributed by atoms with E-state index in [9.17, 15) is 0 Å². The lowest BCUT2D eigenvalue weighted by molar-refractivity contribution is 0.350. The molecule has 0 atom stereocenters. The van der Waals surface area contributed by atoms with Crippen LogP contribution < -0.4 is 4.74 Å².